The molecule has 2 aromatic rings. The standard InChI is InChI=1S/C10H9ClN2/c11-7-3-4-9(12)8(6-7)10-2-1-5-13-10/h1-6,13H,12H2. The van der Waals surface area contributed by atoms with Crippen molar-refractivity contribution < 1.29 is 0 Å². The summed E-state index contributed by atoms with van der Waals surface area (Å²) in [6, 6.07) is 9.32. The molecule has 0 aliphatic rings. The second kappa shape index (κ2) is 3.15. The van der Waals surface area contributed by atoms with Gasteiger partial charge >= 0.3 is 0 Å². The Morgan fingerprint density at radius 1 is 1.23 bits per heavy atom. The highest BCUT2D eigenvalue weighted by Gasteiger charge is 2.02. The molecule has 1 heterocycles. The first-order valence-electron chi connectivity index (χ1n) is 3.96. The van der Waals surface area contributed by atoms with Crippen LogP contribution in [0.5, 0.6) is 0 Å². The lowest BCUT2D eigenvalue weighted by Gasteiger charge is -2.03. The Morgan fingerprint density at radius 3 is 2.77 bits per heavy atom. The topological polar surface area (TPSA) is 41.8 Å². The van der Waals surface area contributed by atoms with Crippen molar-refractivity contribution in [3.63, 3.8) is 0 Å². The molecular formula is C10H9ClN2. The molecule has 13 heavy (non-hydrogen) atoms. The van der Waals surface area contributed by atoms with Crippen LogP contribution in [0.1, 0.15) is 0 Å². The number of halogens is 1. The van der Waals surface area contributed by atoms with Gasteiger partial charge in [-0.1, -0.05) is 11.6 Å². The molecule has 0 atom stereocenters. The third-order valence-corrected chi connectivity index (χ3v) is 2.14. The molecule has 0 unspecified atom stereocenters. The third kappa shape index (κ3) is 1.53. The van der Waals surface area contributed by atoms with Crippen LogP contribution in [0.3, 0.4) is 0 Å². The first-order chi connectivity index (χ1) is 6.27. The molecule has 0 amide bonds. The Labute approximate surface area is 81.3 Å². The number of rotatable bonds is 1. The van der Waals surface area contributed by atoms with Crippen LogP contribution >= 0.6 is 11.6 Å². The number of nitrogen functional groups attached to an aromatic ring is 1. The van der Waals surface area contributed by atoms with Gasteiger partial charge in [-0.05, 0) is 30.3 Å². The van der Waals surface area contributed by atoms with E-state index in [2.05, 4.69) is 4.98 Å². The number of nitrogens with one attached hydrogen (secondary N) is 1. The molecule has 0 radical (unpaired) electrons. The summed E-state index contributed by atoms with van der Waals surface area (Å²) in [5, 5.41) is 0.693. The molecule has 0 aliphatic heterocycles. The molecule has 0 fully saturated rings. The lowest BCUT2D eigenvalue weighted by Crippen LogP contribution is -1.89. The fourth-order valence-corrected chi connectivity index (χ4v) is 1.43. The van der Waals surface area contributed by atoms with Gasteiger partial charge in [0.15, 0.2) is 0 Å². The van der Waals surface area contributed by atoms with Crippen LogP contribution < -0.4 is 5.73 Å². The number of aromatic amines is 1. The monoisotopic (exact) mass is 192 g/mol. The maximum Gasteiger partial charge on any atom is 0.0475 e. The largest absolute Gasteiger partial charge is 0.398 e. The Morgan fingerprint density at radius 2 is 2.08 bits per heavy atom. The fourth-order valence-electron chi connectivity index (χ4n) is 1.26. The summed E-state index contributed by atoms with van der Waals surface area (Å²) in [6.45, 7) is 0. The lowest BCUT2D eigenvalue weighted by atomic mass is 10.1. The Hall–Kier alpha value is -1.41. The lowest BCUT2D eigenvalue weighted by molar-refractivity contribution is 1.40. The fraction of sp³-hybridized carbons (Fsp3) is 0. The minimum absolute atomic E-state index is 0.693. The van der Waals surface area contributed by atoms with E-state index in [0.717, 1.165) is 16.9 Å². The smallest absolute Gasteiger partial charge is 0.0475 e. The summed E-state index contributed by atoms with van der Waals surface area (Å²) >= 11 is 5.86. The van der Waals surface area contributed by atoms with E-state index >= 15 is 0 Å². The van der Waals surface area contributed by atoms with Gasteiger partial charge in [0.25, 0.3) is 0 Å². The van der Waals surface area contributed by atoms with Gasteiger partial charge in [-0.3, -0.25) is 0 Å². The molecular weight excluding hydrogens is 184 g/mol. The molecule has 0 bridgehead atoms. The average molecular weight is 193 g/mol. The number of anilines is 1. The van der Waals surface area contributed by atoms with E-state index in [1.54, 1.807) is 12.1 Å². The number of H-pyrrole nitrogens is 1. The first kappa shape index (κ1) is 8.20. The number of hydrogen-bond donors (Lipinski definition) is 2. The van der Waals surface area contributed by atoms with Crippen molar-refractivity contribution in [2.45, 2.75) is 0 Å². The van der Waals surface area contributed by atoms with Crippen LogP contribution in [0.15, 0.2) is 36.5 Å². The second-order valence-electron chi connectivity index (χ2n) is 2.82. The molecule has 0 saturated heterocycles. The predicted octanol–water partition coefficient (Wildman–Crippen LogP) is 2.92. The van der Waals surface area contributed by atoms with E-state index in [-0.39, 0.29) is 0 Å². The summed E-state index contributed by atoms with van der Waals surface area (Å²) in [7, 11) is 0. The van der Waals surface area contributed by atoms with Crippen molar-refractivity contribution in [2.24, 2.45) is 0 Å². The zero-order valence-electron chi connectivity index (χ0n) is 6.92. The van der Waals surface area contributed by atoms with E-state index in [4.69, 9.17) is 17.3 Å². The van der Waals surface area contributed by atoms with Gasteiger partial charge in [0.1, 0.15) is 0 Å². The maximum absolute atomic E-state index is 5.86. The summed E-state index contributed by atoms with van der Waals surface area (Å²) in [5.41, 5.74) is 8.46. The van der Waals surface area contributed by atoms with Gasteiger partial charge in [-0.2, -0.15) is 0 Å². The summed E-state index contributed by atoms with van der Waals surface area (Å²) < 4.78 is 0. The highest BCUT2D eigenvalue weighted by atomic mass is 35.5. The summed E-state index contributed by atoms with van der Waals surface area (Å²) in [6.07, 6.45) is 1.86. The molecule has 2 rings (SSSR count). The molecule has 0 aliphatic carbocycles. The highest BCUT2D eigenvalue weighted by molar-refractivity contribution is 6.31. The SMILES string of the molecule is Nc1ccc(Cl)cc1-c1ccc[nH]1. The Kier molecular flexibility index (Phi) is 1.99. The van der Waals surface area contributed by atoms with Crippen LogP contribution in [-0.2, 0) is 0 Å². The quantitative estimate of drug-likeness (QED) is 0.671. The van der Waals surface area contributed by atoms with Gasteiger partial charge in [0.2, 0.25) is 0 Å². The minimum Gasteiger partial charge on any atom is -0.398 e. The third-order valence-electron chi connectivity index (χ3n) is 1.90. The maximum atomic E-state index is 5.86. The number of benzene rings is 1. The van der Waals surface area contributed by atoms with Crippen molar-refractivity contribution in [1.29, 1.82) is 0 Å². The minimum atomic E-state index is 0.693. The number of hydrogen-bond acceptors (Lipinski definition) is 1. The van der Waals surface area contributed by atoms with Crippen LogP contribution in [-0.4, -0.2) is 4.98 Å². The van der Waals surface area contributed by atoms with Crippen molar-refractivity contribution >= 4 is 17.3 Å². The zero-order chi connectivity index (χ0) is 9.26. The molecule has 0 spiro atoms. The predicted molar refractivity (Wildman–Crippen MR) is 55.7 cm³/mol. The van der Waals surface area contributed by atoms with Crippen LogP contribution in [0.2, 0.25) is 5.02 Å². The van der Waals surface area contributed by atoms with Gasteiger partial charge in [-0.25, -0.2) is 0 Å². The van der Waals surface area contributed by atoms with E-state index < -0.39 is 0 Å². The molecule has 3 N–H and O–H groups in total. The number of nitrogens with two attached hydrogens (primary N) is 1. The van der Waals surface area contributed by atoms with Crippen molar-refractivity contribution in [3.05, 3.63) is 41.6 Å². The van der Waals surface area contributed by atoms with Crippen LogP contribution in [0.4, 0.5) is 5.69 Å². The average Bonchev–Trinajstić information content (AvgIpc) is 2.61. The van der Waals surface area contributed by atoms with Crippen molar-refractivity contribution in [3.8, 4) is 11.3 Å². The summed E-state index contributed by atoms with van der Waals surface area (Å²) in [5.74, 6) is 0. The molecule has 2 nitrogen and oxygen atoms in total. The Balaban J connectivity index is 2.57. The Bertz CT molecular complexity index is 407. The van der Waals surface area contributed by atoms with E-state index in [1.807, 2.05) is 24.4 Å². The molecule has 1 aromatic heterocycles. The van der Waals surface area contributed by atoms with E-state index in [1.165, 1.54) is 0 Å². The van der Waals surface area contributed by atoms with Gasteiger partial charge in [-0.15, -0.1) is 0 Å². The molecule has 0 saturated carbocycles. The van der Waals surface area contributed by atoms with Gasteiger partial charge in [0.05, 0.1) is 0 Å². The van der Waals surface area contributed by atoms with Gasteiger partial charge < -0.3 is 10.7 Å². The number of aromatic nitrogens is 1. The van der Waals surface area contributed by atoms with E-state index in [9.17, 15) is 0 Å². The molecule has 3 heteroatoms. The van der Waals surface area contributed by atoms with Crippen molar-refractivity contribution in [2.75, 3.05) is 5.73 Å². The highest BCUT2D eigenvalue weighted by Crippen LogP contribution is 2.27. The first-order valence-corrected chi connectivity index (χ1v) is 4.34. The normalized spacial score (nSPS) is 10.2. The van der Waals surface area contributed by atoms with Crippen LogP contribution in [0, 0.1) is 0 Å². The molecule has 1 aromatic carbocycles. The second-order valence-corrected chi connectivity index (χ2v) is 3.25. The van der Waals surface area contributed by atoms with Crippen LogP contribution in [0.25, 0.3) is 11.3 Å². The van der Waals surface area contributed by atoms with Gasteiger partial charge in [0, 0.05) is 28.2 Å². The van der Waals surface area contributed by atoms with E-state index in [0.29, 0.717) is 5.02 Å². The van der Waals surface area contributed by atoms with Crippen molar-refractivity contribution in [1.82, 2.24) is 4.98 Å². The summed E-state index contributed by atoms with van der Waals surface area (Å²) in [4.78, 5) is 3.08. The zero-order valence-corrected chi connectivity index (χ0v) is 7.68. The molecule has 66 valence electrons.